The number of guanidine groups is 1. The highest BCUT2D eigenvalue weighted by Gasteiger charge is 2.12. The molecule has 0 radical (unpaired) electrons. The minimum absolute atomic E-state index is 0. The Kier molecular flexibility index (Phi) is 9.77. The van der Waals surface area contributed by atoms with Gasteiger partial charge in [0.2, 0.25) is 0 Å². The number of ether oxygens (including phenoxy) is 1. The van der Waals surface area contributed by atoms with E-state index in [0.29, 0.717) is 0 Å². The van der Waals surface area contributed by atoms with E-state index in [9.17, 15) is 0 Å². The average molecular weight is 544 g/mol. The molecule has 0 saturated carbocycles. The lowest BCUT2D eigenvalue weighted by atomic mass is 10.1. The van der Waals surface area contributed by atoms with Crippen molar-refractivity contribution in [1.29, 1.82) is 0 Å². The summed E-state index contributed by atoms with van der Waals surface area (Å²) in [5.41, 5.74) is 4.01. The first-order valence-corrected chi connectivity index (χ1v) is 11.1. The van der Waals surface area contributed by atoms with E-state index < -0.39 is 0 Å². The van der Waals surface area contributed by atoms with Gasteiger partial charge in [-0.05, 0) is 33.9 Å². The molecule has 2 N–H and O–H groups in total. The summed E-state index contributed by atoms with van der Waals surface area (Å²) in [6, 6.07) is 23.8. The number of aliphatic imine (C=N–C) groups is 1. The summed E-state index contributed by atoms with van der Waals surface area (Å²) in [5, 5.41) is 9.50. The Balaban J connectivity index is 0.00000289. The van der Waals surface area contributed by atoms with Crippen LogP contribution in [0.2, 0.25) is 0 Å². The highest BCUT2D eigenvalue weighted by Crippen LogP contribution is 2.16. The molecule has 6 heteroatoms. The number of nitrogens with one attached hydrogen (secondary N) is 2. The molecule has 0 spiro atoms. The predicted octanol–water partition coefficient (Wildman–Crippen LogP) is 4.20. The third-order valence-corrected chi connectivity index (χ3v) is 5.81. The number of benzene rings is 3. The Morgan fingerprint density at radius 1 is 0.906 bits per heavy atom. The first kappa shape index (κ1) is 24.5. The Morgan fingerprint density at radius 2 is 1.62 bits per heavy atom. The summed E-state index contributed by atoms with van der Waals surface area (Å²) < 4.78 is 5.47. The van der Waals surface area contributed by atoms with Gasteiger partial charge in [0, 0.05) is 39.8 Å². The molecule has 0 aromatic heterocycles. The van der Waals surface area contributed by atoms with Crippen LogP contribution in [0.3, 0.4) is 0 Å². The van der Waals surface area contributed by atoms with Crippen molar-refractivity contribution in [3.63, 3.8) is 0 Å². The number of nitrogens with zero attached hydrogens (tertiary/aromatic N) is 2. The second-order valence-corrected chi connectivity index (χ2v) is 7.94. The number of hydrogen-bond donors (Lipinski definition) is 2. The largest absolute Gasteiger partial charge is 0.379 e. The fourth-order valence-electron chi connectivity index (χ4n) is 4.00. The van der Waals surface area contributed by atoms with Gasteiger partial charge in [-0.3, -0.25) is 9.89 Å². The number of fused-ring (bicyclic) bond motifs is 1. The second-order valence-electron chi connectivity index (χ2n) is 7.94. The van der Waals surface area contributed by atoms with E-state index in [2.05, 4.69) is 87.3 Å². The molecular weight excluding hydrogens is 511 g/mol. The van der Waals surface area contributed by atoms with Gasteiger partial charge in [-0.25, -0.2) is 0 Å². The Hall–Kier alpha value is -2.16. The highest BCUT2D eigenvalue weighted by molar-refractivity contribution is 14.0. The van der Waals surface area contributed by atoms with E-state index in [-0.39, 0.29) is 24.0 Å². The van der Waals surface area contributed by atoms with Crippen molar-refractivity contribution < 1.29 is 4.74 Å². The first-order chi connectivity index (χ1) is 15.3. The average Bonchev–Trinajstić information content (AvgIpc) is 2.82. The molecule has 1 heterocycles. The van der Waals surface area contributed by atoms with Crippen LogP contribution in [-0.2, 0) is 24.2 Å². The summed E-state index contributed by atoms with van der Waals surface area (Å²) in [5.74, 6) is 0.835. The Labute approximate surface area is 208 Å². The van der Waals surface area contributed by atoms with Gasteiger partial charge >= 0.3 is 0 Å². The van der Waals surface area contributed by atoms with E-state index >= 15 is 0 Å². The molecular formula is C26H33IN4O. The fourth-order valence-corrected chi connectivity index (χ4v) is 4.00. The quantitative estimate of drug-likeness (QED) is 0.266. The van der Waals surface area contributed by atoms with Crippen LogP contribution in [0.25, 0.3) is 10.8 Å². The summed E-state index contributed by atoms with van der Waals surface area (Å²) in [6.45, 7) is 6.22. The summed E-state index contributed by atoms with van der Waals surface area (Å²) >= 11 is 0. The van der Waals surface area contributed by atoms with Gasteiger partial charge in [0.25, 0.3) is 0 Å². The van der Waals surface area contributed by atoms with Crippen LogP contribution in [-0.4, -0.2) is 50.8 Å². The van der Waals surface area contributed by atoms with Crippen molar-refractivity contribution in [2.75, 3.05) is 39.9 Å². The van der Waals surface area contributed by atoms with E-state index in [1.807, 2.05) is 7.05 Å². The van der Waals surface area contributed by atoms with Crippen LogP contribution in [0.5, 0.6) is 0 Å². The minimum Gasteiger partial charge on any atom is -0.379 e. The molecule has 3 aromatic rings. The van der Waals surface area contributed by atoms with Crippen LogP contribution >= 0.6 is 24.0 Å². The summed E-state index contributed by atoms with van der Waals surface area (Å²) in [6.07, 6.45) is 0.957. The SMILES string of the molecule is CN=C(NCCc1ccc2ccccc2c1)NCc1ccccc1CN1CCOCC1.I. The van der Waals surface area contributed by atoms with E-state index in [1.54, 1.807) is 0 Å². The Morgan fingerprint density at radius 3 is 2.41 bits per heavy atom. The van der Waals surface area contributed by atoms with Crippen molar-refractivity contribution in [2.45, 2.75) is 19.5 Å². The minimum atomic E-state index is 0. The standard InChI is InChI=1S/C26H32N4O.HI/c1-27-26(28-13-12-21-10-11-22-6-2-3-7-23(22)18-21)29-19-24-8-4-5-9-25(24)20-30-14-16-31-17-15-30;/h2-11,18H,12-17,19-20H2,1H3,(H2,27,28,29);1H. The lowest BCUT2D eigenvalue weighted by Gasteiger charge is -2.27. The zero-order valence-corrected chi connectivity index (χ0v) is 21.0. The Bertz CT molecular complexity index is 1020. The first-order valence-electron chi connectivity index (χ1n) is 11.1. The van der Waals surface area contributed by atoms with Gasteiger partial charge in [-0.1, -0.05) is 66.7 Å². The molecule has 4 rings (SSSR count). The van der Waals surface area contributed by atoms with Crippen LogP contribution in [0.1, 0.15) is 16.7 Å². The third kappa shape index (κ3) is 6.92. The van der Waals surface area contributed by atoms with Crippen molar-refractivity contribution in [3.05, 3.63) is 83.4 Å². The van der Waals surface area contributed by atoms with E-state index in [4.69, 9.17) is 4.74 Å². The number of rotatable bonds is 7. The van der Waals surface area contributed by atoms with Crippen LogP contribution in [0.4, 0.5) is 0 Å². The topological polar surface area (TPSA) is 48.9 Å². The molecule has 32 heavy (non-hydrogen) atoms. The van der Waals surface area contributed by atoms with Crippen LogP contribution in [0, 0.1) is 0 Å². The zero-order chi connectivity index (χ0) is 21.3. The van der Waals surface area contributed by atoms with Gasteiger partial charge < -0.3 is 15.4 Å². The summed E-state index contributed by atoms with van der Waals surface area (Å²) in [7, 11) is 1.82. The van der Waals surface area contributed by atoms with Gasteiger partial charge in [-0.2, -0.15) is 0 Å². The molecule has 1 saturated heterocycles. The van der Waals surface area contributed by atoms with Crippen molar-refractivity contribution in [2.24, 2.45) is 4.99 Å². The van der Waals surface area contributed by atoms with Crippen molar-refractivity contribution >= 4 is 40.7 Å². The number of halogens is 1. The van der Waals surface area contributed by atoms with Gasteiger partial charge in [0.1, 0.15) is 0 Å². The monoisotopic (exact) mass is 544 g/mol. The van der Waals surface area contributed by atoms with E-state index in [0.717, 1.165) is 58.3 Å². The molecule has 1 aliphatic heterocycles. The second kappa shape index (κ2) is 12.8. The van der Waals surface area contributed by atoms with Crippen LogP contribution in [0.15, 0.2) is 71.7 Å². The number of morpholine rings is 1. The molecule has 0 unspecified atom stereocenters. The molecule has 0 amide bonds. The smallest absolute Gasteiger partial charge is 0.191 e. The maximum Gasteiger partial charge on any atom is 0.191 e. The molecule has 1 fully saturated rings. The van der Waals surface area contributed by atoms with Gasteiger partial charge in [-0.15, -0.1) is 24.0 Å². The van der Waals surface area contributed by atoms with Gasteiger partial charge in [0.05, 0.1) is 13.2 Å². The number of hydrogen-bond acceptors (Lipinski definition) is 3. The zero-order valence-electron chi connectivity index (χ0n) is 18.7. The molecule has 5 nitrogen and oxygen atoms in total. The molecule has 170 valence electrons. The molecule has 0 bridgehead atoms. The molecule has 3 aromatic carbocycles. The van der Waals surface area contributed by atoms with E-state index in [1.165, 1.54) is 27.5 Å². The maximum absolute atomic E-state index is 5.47. The van der Waals surface area contributed by atoms with Gasteiger partial charge in [0.15, 0.2) is 5.96 Å². The molecule has 1 aliphatic rings. The normalized spacial score (nSPS) is 14.7. The van der Waals surface area contributed by atoms with Crippen LogP contribution < -0.4 is 10.6 Å². The maximum atomic E-state index is 5.47. The fraction of sp³-hybridized carbons (Fsp3) is 0.346. The van der Waals surface area contributed by atoms with Crippen molar-refractivity contribution in [3.8, 4) is 0 Å². The predicted molar refractivity (Wildman–Crippen MR) is 144 cm³/mol. The highest BCUT2D eigenvalue weighted by atomic mass is 127. The third-order valence-electron chi connectivity index (χ3n) is 5.81. The lowest BCUT2D eigenvalue weighted by Crippen LogP contribution is -2.38. The molecule has 0 atom stereocenters. The van der Waals surface area contributed by atoms with Crippen molar-refractivity contribution in [1.82, 2.24) is 15.5 Å². The molecule has 0 aliphatic carbocycles. The summed E-state index contributed by atoms with van der Waals surface area (Å²) in [4.78, 5) is 6.85. The lowest BCUT2D eigenvalue weighted by molar-refractivity contribution is 0.0341.